The van der Waals surface area contributed by atoms with Crippen molar-refractivity contribution in [2.24, 2.45) is 0 Å². The number of halogens is 3. The number of nitrogens with zero attached hydrogens (tertiary/aromatic N) is 3. The highest BCUT2D eigenvalue weighted by molar-refractivity contribution is 7.90. The summed E-state index contributed by atoms with van der Waals surface area (Å²) in [4.78, 5) is 31.6. The number of carbonyl (C=O) groups excluding carboxylic acids is 2. The minimum absolute atomic E-state index is 0.00570. The van der Waals surface area contributed by atoms with E-state index in [9.17, 15) is 31.2 Å². The van der Waals surface area contributed by atoms with E-state index in [1.165, 1.54) is 30.2 Å². The van der Waals surface area contributed by atoms with E-state index in [4.69, 9.17) is 4.74 Å². The Balaban J connectivity index is 1.19. The van der Waals surface area contributed by atoms with Crippen molar-refractivity contribution < 1.29 is 35.9 Å². The Morgan fingerprint density at radius 3 is 2.45 bits per heavy atom. The van der Waals surface area contributed by atoms with Gasteiger partial charge in [0.15, 0.2) is 11.6 Å². The van der Waals surface area contributed by atoms with Gasteiger partial charge in [-0.15, -0.1) is 0 Å². The SMILES string of the molecule is C=CC(=O)N1CC(C)(C)Oc2cc(N3CCC4(CC3)C[C@H](NC(=O)N(C)[C@H](Cc3ccc(F)c(F)c3)CS(C)(=O)=O)c3ccc(F)cc34)ccc21. The van der Waals surface area contributed by atoms with Gasteiger partial charge in [-0.1, -0.05) is 18.7 Å². The van der Waals surface area contributed by atoms with Gasteiger partial charge in [0.2, 0.25) is 0 Å². The highest BCUT2D eigenvalue weighted by Gasteiger charge is 2.47. The molecule has 2 aliphatic heterocycles. The number of fused-ring (bicyclic) bond motifs is 3. The lowest BCUT2D eigenvalue weighted by Crippen LogP contribution is -2.49. The molecule has 1 saturated heterocycles. The molecule has 0 unspecified atom stereocenters. The van der Waals surface area contributed by atoms with Gasteiger partial charge in [-0.25, -0.2) is 26.4 Å². The third-order valence-electron chi connectivity index (χ3n) is 10.4. The first-order chi connectivity index (χ1) is 24.0. The molecule has 0 radical (unpaired) electrons. The van der Waals surface area contributed by atoms with Crippen LogP contribution in [-0.4, -0.2) is 75.6 Å². The van der Waals surface area contributed by atoms with Crippen LogP contribution in [-0.2, 0) is 26.5 Å². The van der Waals surface area contributed by atoms with Crippen LogP contribution in [0.25, 0.3) is 0 Å². The second kappa shape index (κ2) is 13.6. The van der Waals surface area contributed by atoms with Gasteiger partial charge >= 0.3 is 6.03 Å². The molecule has 3 aromatic carbocycles. The highest BCUT2D eigenvalue weighted by atomic mass is 32.2. The van der Waals surface area contributed by atoms with Crippen molar-refractivity contribution in [2.45, 2.75) is 62.6 Å². The monoisotopic (exact) mass is 724 g/mol. The van der Waals surface area contributed by atoms with Gasteiger partial charge in [-0.05, 0) is 98.7 Å². The normalized spacial score (nSPS) is 19.5. The molecule has 3 aromatic rings. The molecule has 6 rings (SSSR count). The zero-order valence-electron chi connectivity index (χ0n) is 29.2. The molecule has 272 valence electrons. The van der Waals surface area contributed by atoms with E-state index >= 15 is 0 Å². The Morgan fingerprint density at radius 2 is 1.78 bits per heavy atom. The van der Waals surface area contributed by atoms with Crippen LogP contribution >= 0.6 is 0 Å². The van der Waals surface area contributed by atoms with E-state index in [0.717, 1.165) is 35.2 Å². The van der Waals surface area contributed by atoms with Crippen molar-refractivity contribution in [1.29, 1.82) is 0 Å². The lowest BCUT2D eigenvalue weighted by Gasteiger charge is -2.43. The number of rotatable bonds is 8. The summed E-state index contributed by atoms with van der Waals surface area (Å²) in [6.07, 6.45) is 4.24. The van der Waals surface area contributed by atoms with Gasteiger partial charge in [0.1, 0.15) is 27.0 Å². The number of ether oxygens (including phenoxy) is 1. The van der Waals surface area contributed by atoms with Gasteiger partial charge in [-0.2, -0.15) is 0 Å². The number of likely N-dealkylation sites (N-methyl/N-ethyl adjacent to an activating group) is 1. The van der Waals surface area contributed by atoms with Crippen LogP contribution in [0.15, 0.2) is 67.3 Å². The lowest BCUT2D eigenvalue weighted by molar-refractivity contribution is -0.115. The van der Waals surface area contributed by atoms with E-state index in [2.05, 4.69) is 16.8 Å². The Morgan fingerprint density at radius 1 is 1.06 bits per heavy atom. The van der Waals surface area contributed by atoms with Crippen LogP contribution in [0.5, 0.6) is 5.75 Å². The fraction of sp³-hybridized carbons (Fsp3) is 0.421. The molecule has 0 saturated carbocycles. The molecule has 2 atom stereocenters. The summed E-state index contributed by atoms with van der Waals surface area (Å²) in [6, 6.07) is 11.9. The number of urea groups is 1. The van der Waals surface area contributed by atoms with E-state index in [0.29, 0.717) is 55.9 Å². The minimum atomic E-state index is -3.56. The zero-order chi connectivity index (χ0) is 36.9. The van der Waals surface area contributed by atoms with E-state index in [1.807, 2.05) is 32.0 Å². The summed E-state index contributed by atoms with van der Waals surface area (Å²) in [5.41, 5.74) is 2.62. The standard InChI is InChI=1S/C38H43F3N4O5S/c1-6-35(46)45-23-37(2,3)50-34-20-26(9-12-33(34)45)44-15-13-38(14-16-44)21-32(28-10-8-25(39)19-29(28)38)42-36(47)43(4)27(22-51(5,48)49)17-24-7-11-30(40)31(41)18-24/h6-12,18-20,27,32H,1,13-17,21-23H2,2-5H3,(H,42,47)/t27-,32+/m1/s1. The molecular formula is C38H43F3N4O5S. The average Bonchev–Trinajstić information content (AvgIpc) is 3.34. The highest BCUT2D eigenvalue weighted by Crippen LogP contribution is 2.52. The molecule has 9 nitrogen and oxygen atoms in total. The van der Waals surface area contributed by atoms with Crippen LogP contribution in [0.2, 0.25) is 0 Å². The first-order valence-electron chi connectivity index (χ1n) is 16.9. The van der Waals surface area contributed by atoms with E-state index in [-0.39, 0.29) is 23.9 Å². The third-order valence-corrected chi connectivity index (χ3v) is 11.3. The Hall–Kier alpha value is -4.52. The molecule has 1 spiro atoms. The Labute approximate surface area is 297 Å². The van der Waals surface area contributed by atoms with Crippen molar-refractivity contribution in [3.63, 3.8) is 0 Å². The van der Waals surface area contributed by atoms with Crippen molar-refractivity contribution in [1.82, 2.24) is 10.2 Å². The maximum atomic E-state index is 14.8. The molecular weight excluding hydrogens is 682 g/mol. The number of amides is 3. The van der Waals surface area contributed by atoms with Crippen molar-refractivity contribution in [3.8, 4) is 5.75 Å². The summed E-state index contributed by atoms with van der Waals surface area (Å²) in [5.74, 6) is -2.41. The lowest BCUT2D eigenvalue weighted by atomic mass is 9.73. The largest absolute Gasteiger partial charge is 0.484 e. The first-order valence-corrected chi connectivity index (χ1v) is 19.0. The smallest absolute Gasteiger partial charge is 0.317 e. The first kappa shape index (κ1) is 36.3. The number of anilines is 2. The second-order valence-electron chi connectivity index (χ2n) is 14.7. The molecule has 1 aliphatic carbocycles. The summed E-state index contributed by atoms with van der Waals surface area (Å²) in [6.45, 7) is 9.20. The molecule has 0 bridgehead atoms. The number of nitrogens with one attached hydrogen (secondary N) is 1. The molecule has 0 aromatic heterocycles. The van der Waals surface area contributed by atoms with Crippen molar-refractivity contribution >= 4 is 33.2 Å². The van der Waals surface area contributed by atoms with Crippen LogP contribution in [0, 0.1) is 17.5 Å². The topological polar surface area (TPSA) is 99.3 Å². The fourth-order valence-electron chi connectivity index (χ4n) is 7.82. The summed E-state index contributed by atoms with van der Waals surface area (Å²) < 4.78 is 73.3. The molecule has 51 heavy (non-hydrogen) atoms. The maximum absolute atomic E-state index is 14.8. The zero-order valence-corrected chi connectivity index (χ0v) is 30.0. The molecule has 3 aliphatic rings. The predicted octanol–water partition coefficient (Wildman–Crippen LogP) is 6.07. The van der Waals surface area contributed by atoms with Crippen LogP contribution in [0.1, 0.15) is 55.8 Å². The number of carbonyl (C=O) groups is 2. The molecule has 2 heterocycles. The molecule has 1 N–H and O–H groups in total. The van der Waals surface area contributed by atoms with Crippen LogP contribution in [0.4, 0.5) is 29.3 Å². The summed E-state index contributed by atoms with van der Waals surface area (Å²) in [7, 11) is -2.07. The number of sulfone groups is 1. The van der Waals surface area contributed by atoms with Gasteiger partial charge in [0.25, 0.3) is 5.91 Å². The Kier molecular flexibility index (Phi) is 9.64. The third kappa shape index (κ3) is 7.58. The van der Waals surface area contributed by atoms with E-state index in [1.54, 1.807) is 17.0 Å². The second-order valence-corrected chi connectivity index (χ2v) is 16.8. The van der Waals surface area contributed by atoms with Gasteiger partial charge < -0.3 is 24.8 Å². The Bertz CT molecular complexity index is 1980. The quantitative estimate of drug-likeness (QED) is 0.283. The van der Waals surface area contributed by atoms with Crippen molar-refractivity contribution in [2.75, 3.05) is 48.5 Å². The fourth-order valence-corrected chi connectivity index (χ4v) is 8.86. The number of piperidine rings is 1. The summed E-state index contributed by atoms with van der Waals surface area (Å²) >= 11 is 0. The van der Waals surface area contributed by atoms with Gasteiger partial charge in [0, 0.05) is 43.6 Å². The minimum Gasteiger partial charge on any atom is -0.484 e. The number of hydrogen-bond acceptors (Lipinski definition) is 6. The van der Waals surface area contributed by atoms with Gasteiger partial charge in [0.05, 0.1) is 30.1 Å². The number of hydrogen-bond donors (Lipinski definition) is 1. The number of benzene rings is 3. The molecule has 1 fully saturated rings. The predicted molar refractivity (Wildman–Crippen MR) is 190 cm³/mol. The molecule has 13 heteroatoms. The summed E-state index contributed by atoms with van der Waals surface area (Å²) in [5, 5.41) is 3.07. The van der Waals surface area contributed by atoms with Crippen LogP contribution in [0.3, 0.4) is 0 Å². The maximum Gasteiger partial charge on any atom is 0.317 e. The van der Waals surface area contributed by atoms with Crippen molar-refractivity contribution in [3.05, 3.63) is 101 Å². The van der Waals surface area contributed by atoms with Gasteiger partial charge in [-0.3, -0.25) is 4.79 Å². The van der Waals surface area contributed by atoms with E-state index < -0.39 is 50.6 Å². The van der Waals surface area contributed by atoms with Crippen LogP contribution < -0.4 is 19.9 Å². The average molecular weight is 725 g/mol. The molecule has 3 amide bonds.